The number of amides is 1. The van der Waals surface area contributed by atoms with Crippen molar-refractivity contribution in [2.45, 2.75) is 13.0 Å². The third kappa shape index (κ3) is 4.44. The lowest BCUT2D eigenvalue weighted by atomic mass is 10.00. The molecule has 0 aliphatic rings. The van der Waals surface area contributed by atoms with Gasteiger partial charge in [-0.25, -0.2) is 4.79 Å². The molecule has 3 aromatic rings. The number of hydrogen-bond acceptors (Lipinski definition) is 4. The van der Waals surface area contributed by atoms with E-state index in [1.54, 1.807) is 24.3 Å². The van der Waals surface area contributed by atoms with Gasteiger partial charge in [0.15, 0.2) is 6.61 Å². The summed E-state index contributed by atoms with van der Waals surface area (Å²) in [5, 5.41) is 5.19. The van der Waals surface area contributed by atoms with E-state index in [1.165, 1.54) is 7.11 Å². The highest BCUT2D eigenvalue weighted by molar-refractivity contribution is 5.90. The van der Waals surface area contributed by atoms with Gasteiger partial charge in [-0.1, -0.05) is 48.5 Å². The van der Waals surface area contributed by atoms with Crippen molar-refractivity contribution in [2.75, 3.05) is 13.7 Å². The maximum absolute atomic E-state index is 12.3. The summed E-state index contributed by atoms with van der Waals surface area (Å²) in [6.07, 6.45) is 0. The minimum Gasteiger partial charge on any atom is -0.484 e. The van der Waals surface area contributed by atoms with E-state index in [0.717, 1.165) is 16.3 Å². The lowest BCUT2D eigenvalue weighted by Crippen LogP contribution is -2.31. The minimum atomic E-state index is -0.450. The first-order valence-corrected chi connectivity index (χ1v) is 8.66. The van der Waals surface area contributed by atoms with Crippen LogP contribution in [-0.2, 0) is 9.53 Å². The quantitative estimate of drug-likeness (QED) is 0.675. The molecule has 138 valence electrons. The van der Waals surface area contributed by atoms with Crippen LogP contribution >= 0.6 is 0 Å². The molecule has 0 spiro atoms. The zero-order chi connectivity index (χ0) is 19.2. The van der Waals surface area contributed by atoms with Gasteiger partial charge in [0, 0.05) is 0 Å². The summed E-state index contributed by atoms with van der Waals surface area (Å²) in [5.74, 6) is -0.251. The van der Waals surface area contributed by atoms with Gasteiger partial charge in [0.1, 0.15) is 5.75 Å². The predicted octanol–water partition coefficient (Wildman–Crippen LogP) is 3.88. The summed E-state index contributed by atoms with van der Waals surface area (Å²) in [5.41, 5.74) is 1.42. The zero-order valence-electron chi connectivity index (χ0n) is 15.3. The summed E-state index contributed by atoms with van der Waals surface area (Å²) in [6.45, 7) is 1.80. The number of carbonyl (C=O) groups excluding carboxylic acids is 2. The number of ether oxygens (including phenoxy) is 2. The van der Waals surface area contributed by atoms with Crippen LogP contribution in [0.1, 0.15) is 28.9 Å². The summed E-state index contributed by atoms with van der Waals surface area (Å²) < 4.78 is 10.2. The third-order valence-corrected chi connectivity index (χ3v) is 4.29. The van der Waals surface area contributed by atoms with Gasteiger partial charge < -0.3 is 14.8 Å². The highest BCUT2D eigenvalue weighted by Crippen LogP contribution is 2.24. The molecule has 1 atom stereocenters. The second-order valence-corrected chi connectivity index (χ2v) is 6.17. The van der Waals surface area contributed by atoms with Gasteiger partial charge in [0.05, 0.1) is 18.7 Å². The van der Waals surface area contributed by atoms with Crippen molar-refractivity contribution in [3.05, 3.63) is 77.9 Å². The summed E-state index contributed by atoms with van der Waals surface area (Å²) in [4.78, 5) is 23.8. The first-order chi connectivity index (χ1) is 13.1. The Morgan fingerprint density at radius 2 is 1.74 bits per heavy atom. The lowest BCUT2D eigenvalue weighted by Gasteiger charge is -2.17. The van der Waals surface area contributed by atoms with E-state index >= 15 is 0 Å². The monoisotopic (exact) mass is 363 g/mol. The van der Waals surface area contributed by atoms with E-state index in [9.17, 15) is 9.59 Å². The molecular formula is C22H21NO4. The summed E-state index contributed by atoms with van der Waals surface area (Å²) >= 11 is 0. The number of methoxy groups -OCH3 is 1. The second-order valence-electron chi connectivity index (χ2n) is 6.17. The van der Waals surface area contributed by atoms with Crippen molar-refractivity contribution in [1.82, 2.24) is 5.32 Å². The van der Waals surface area contributed by atoms with Crippen molar-refractivity contribution < 1.29 is 19.1 Å². The second kappa shape index (κ2) is 8.36. The van der Waals surface area contributed by atoms with Crippen LogP contribution in [0.2, 0.25) is 0 Å². The molecule has 0 fully saturated rings. The highest BCUT2D eigenvalue weighted by Gasteiger charge is 2.13. The van der Waals surface area contributed by atoms with Crippen LogP contribution in [0.5, 0.6) is 5.75 Å². The van der Waals surface area contributed by atoms with Crippen LogP contribution in [0.15, 0.2) is 66.7 Å². The van der Waals surface area contributed by atoms with Gasteiger partial charge >= 0.3 is 5.97 Å². The van der Waals surface area contributed by atoms with Crippen molar-refractivity contribution >= 4 is 22.6 Å². The van der Waals surface area contributed by atoms with E-state index in [2.05, 4.69) is 10.1 Å². The molecule has 3 rings (SSSR count). The Labute approximate surface area is 157 Å². The minimum absolute atomic E-state index is 0.139. The Morgan fingerprint density at radius 3 is 2.56 bits per heavy atom. The van der Waals surface area contributed by atoms with Crippen LogP contribution in [0.4, 0.5) is 0 Å². The largest absolute Gasteiger partial charge is 0.484 e. The zero-order valence-corrected chi connectivity index (χ0v) is 15.3. The number of hydrogen-bond donors (Lipinski definition) is 1. The normalized spacial score (nSPS) is 11.6. The maximum Gasteiger partial charge on any atom is 0.337 e. The lowest BCUT2D eigenvalue weighted by molar-refractivity contribution is -0.123. The first-order valence-electron chi connectivity index (χ1n) is 8.66. The van der Waals surface area contributed by atoms with Gasteiger partial charge in [-0.3, -0.25) is 4.79 Å². The third-order valence-electron chi connectivity index (χ3n) is 4.29. The molecule has 1 amide bonds. The van der Waals surface area contributed by atoms with E-state index in [-0.39, 0.29) is 18.6 Å². The number of nitrogens with one attached hydrogen (secondary N) is 1. The molecule has 0 heterocycles. The van der Waals surface area contributed by atoms with Crippen molar-refractivity contribution in [3.63, 3.8) is 0 Å². The first kappa shape index (κ1) is 18.5. The van der Waals surface area contributed by atoms with Crippen LogP contribution < -0.4 is 10.1 Å². The van der Waals surface area contributed by atoms with E-state index in [4.69, 9.17) is 4.74 Å². The van der Waals surface area contributed by atoms with Gasteiger partial charge in [0.2, 0.25) is 0 Å². The smallest absolute Gasteiger partial charge is 0.337 e. The summed E-state index contributed by atoms with van der Waals surface area (Å²) in [7, 11) is 1.32. The molecule has 1 N–H and O–H groups in total. The number of rotatable bonds is 6. The van der Waals surface area contributed by atoms with E-state index in [1.807, 2.05) is 49.4 Å². The molecule has 0 aliphatic heterocycles. The molecule has 27 heavy (non-hydrogen) atoms. The molecule has 0 aromatic heterocycles. The molecular weight excluding hydrogens is 342 g/mol. The van der Waals surface area contributed by atoms with Crippen molar-refractivity contribution in [2.24, 2.45) is 0 Å². The van der Waals surface area contributed by atoms with E-state index < -0.39 is 5.97 Å². The van der Waals surface area contributed by atoms with Crippen molar-refractivity contribution in [1.29, 1.82) is 0 Å². The SMILES string of the molecule is COC(=O)c1cccc(OCC(=O)NC(C)c2cccc3ccccc23)c1. The topological polar surface area (TPSA) is 64.6 Å². The van der Waals surface area contributed by atoms with Crippen LogP contribution in [-0.4, -0.2) is 25.6 Å². The molecule has 5 nitrogen and oxygen atoms in total. The molecule has 0 aliphatic carbocycles. The molecule has 5 heteroatoms. The Kier molecular flexibility index (Phi) is 5.71. The van der Waals surface area contributed by atoms with Crippen LogP contribution in [0.25, 0.3) is 10.8 Å². The molecule has 0 saturated carbocycles. The average Bonchev–Trinajstić information content (AvgIpc) is 2.71. The Morgan fingerprint density at radius 1 is 1.00 bits per heavy atom. The molecule has 1 unspecified atom stereocenters. The standard InChI is InChI=1S/C22H21NO4/c1-15(19-12-6-8-16-7-3-4-11-20(16)19)23-21(24)14-27-18-10-5-9-17(13-18)22(25)26-2/h3-13,15H,14H2,1-2H3,(H,23,24). The van der Waals surface area contributed by atoms with Crippen LogP contribution in [0, 0.1) is 0 Å². The van der Waals surface area contributed by atoms with Gasteiger partial charge in [-0.2, -0.15) is 0 Å². The van der Waals surface area contributed by atoms with E-state index in [0.29, 0.717) is 11.3 Å². The maximum atomic E-state index is 12.3. The Hall–Kier alpha value is -3.34. The Balaban J connectivity index is 1.63. The van der Waals surface area contributed by atoms with Crippen molar-refractivity contribution in [3.8, 4) is 5.75 Å². The fourth-order valence-electron chi connectivity index (χ4n) is 2.97. The number of carbonyl (C=O) groups is 2. The van der Waals surface area contributed by atoms with Gasteiger partial charge in [-0.15, -0.1) is 0 Å². The Bertz CT molecular complexity index is 962. The predicted molar refractivity (Wildman–Crippen MR) is 104 cm³/mol. The number of esters is 1. The molecule has 0 bridgehead atoms. The fraction of sp³-hybridized carbons (Fsp3) is 0.182. The number of fused-ring (bicyclic) bond motifs is 1. The number of benzene rings is 3. The molecule has 3 aromatic carbocycles. The summed E-state index contributed by atoms with van der Waals surface area (Å²) in [6, 6.07) is 20.5. The van der Waals surface area contributed by atoms with Gasteiger partial charge in [0.25, 0.3) is 5.91 Å². The van der Waals surface area contributed by atoms with Gasteiger partial charge in [-0.05, 0) is 41.5 Å². The molecule has 0 radical (unpaired) electrons. The highest BCUT2D eigenvalue weighted by atomic mass is 16.5. The fourth-order valence-corrected chi connectivity index (χ4v) is 2.97. The molecule has 0 saturated heterocycles. The van der Waals surface area contributed by atoms with Crippen LogP contribution in [0.3, 0.4) is 0 Å². The average molecular weight is 363 g/mol.